The Labute approximate surface area is 112 Å². The number of hydrogen-bond acceptors (Lipinski definition) is 5. The second-order valence-electron chi connectivity index (χ2n) is 6.13. The monoisotopic (exact) mass is 268 g/mol. The number of carbonyl (C=O) groups excluding carboxylic acids is 1. The number of rotatable bonds is 0. The molecule has 1 aliphatic carbocycles. The molecule has 0 radical (unpaired) electrons. The van der Waals surface area contributed by atoms with E-state index in [1.54, 1.807) is 0 Å². The first-order valence-corrected chi connectivity index (χ1v) is 7.37. The van der Waals surface area contributed by atoms with Crippen molar-refractivity contribution in [2.24, 2.45) is 11.8 Å². The van der Waals surface area contributed by atoms with Crippen LogP contribution in [0.4, 0.5) is 0 Å². The van der Waals surface area contributed by atoms with Crippen molar-refractivity contribution < 1.29 is 23.7 Å². The van der Waals surface area contributed by atoms with Crippen molar-refractivity contribution >= 4 is 5.97 Å². The predicted octanol–water partition coefficient (Wildman–Crippen LogP) is 1.25. The van der Waals surface area contributed by atoms with E-state index in [0.29, 0.717) is 25.7 Å². The molecule has 0 amide bonds. The van der Waals surface area contributed by atoms with Crippen molar-refractivity contribution in [1.82, 2.24) is 0 Å². The van der Waals surface area contributed by atoms with Crippen molar-refractivity contribution in [2.75, 3.05) is 19.8 Å². The molecular formula is C14H20O5. The van der Waals surface area contributed by atoms with Crippen LogP contribution in [0.25, 0.3) is 0 Å². The molecule has 0 aromatic rings. The van der Waals surface area contributed by atoms with E-state index in [1.165, 1.54) is 6.42 Å². The van der Waals surface area contributed by atoms with Crippen LogP contribution in [0.15, 0.2) is 0 Å². The van der Waals surface area contributed by atoms with E-state index in [-0.39, 0.29) is 18.0 Å². The maximum atomic E-state index is 12.1. The molecule has 4 rings (SSSR count). The van der Waals surface area contributed by atoms with Gasteiger partial charge in [-0.3, -0.25) is 0 Å². The Morgan fingerprint density at radius 2 is 1.84 bits per heavy atom. The third-order valence-electron chi connectivity index (χ3n) is 5.04. The van der Waals surface area contributed by atoms with Gasteiger partial charge in [0.15, 0.2) is 11.9 Å². The summed E-state index contributed by atoms with van der Waals surface area (Å²) in [5.41, 5.74) is 0. The molecule has 0 N–H and O–H groups in total. The third-order valence-corrected chi connectivity index (χ3v) is 5.04. The molecule has 4 atom stereocenters. The Morgan fingerprint density at radius 1 is 1.05 bits per heavy atom. The Hall–Kier alpha value is -0.650. The molecule has 0 aromatic carbocycles. The molecule has 4 aliphatic rings. The molecule has 5 heteroatoms. The molecule has 3 aliphatic heterocycles. The minimum atomic E-state index is -0.596. The second-order valence-corrected chi connectivity index (χ2v) is 6.13. The lowest BCUT2D eigenvalue weighted by molar-refractivity contribution is -0.273. The first-order valence-electron chi connectivity index (χ1n) is 7.37. The lowest BCUT2D eigenvalue weighted by Crippen LogP contribution is -2.58. The van der Waals surface area contributed by atoms with Gasteiger partial charge < -0.3 is 18.9 Å². The van der Waals surface area contributed by atoms with Crippen LogP contribution in [0.3, 0.4) is 0 Å². The summed E-state index contributed by atoms with van der Waals surface area (Å²) in [5, 5.41) is 0. The van der Waals surface area contributed by atoms with E-state index >= 15 is 0 Å². The number of hydrogen-bond donors (Lipinski definition) is 0. The summed E-state index contributed by atoms with van der Waals surface area (Å²) in [7, 11) is 0. The van der Waals surface area contributed by atoms with Gasteiger partial charge >= 0.3 is 5.97 Å². The van der Waals surface area contributed by atoms with Crippen LogP contribution in [-0.2, 0) is 23.7 Å². The average molecular weight is 268 g/mol. The van der Waals surface area contributed by atoms with Gasteiger partial charge in [-0.05, 0) is 19.3 Å². The molecule has 0 unspecified atom stereocenters. The van der Waals surface area contributed by atoms with Gasteiger partial charge in [-0.25, -0.2) is 4.79 Å². The SMILES string of the molecule is O=C1O[C@@H]2CCCC[C@@H]2[C@H]2CC3(CO[C@H]12)OCCO3. The van der Waals surface area contributed by atoms with Crippen LogP contribution in [0.5, 0.6) is 0 Å². The third kappa shape index (κ3) is 1.90. The highest BCUT2D eigenvalue weighted by Crippen LogP contribution is 2.46. The normalized spacial score (nSPS) is 44.5. The summed E-state index contributed by atoms with van der Waals surface area (Å²) >= 11 is 0. The second kappa shape index (κ2) is 4.43. The Bertz CT molecular complexity index is 376. The Morgan fingerprint density at radius 3 is 2.68 bits per heavy atom. The molecule has 0 aromatic heterocycles. The first kappa shape index (κ1) is 12.1. The minimum absolute atomic E-state index is 0.0858. The molecule has 106 valence electrons. The lowest BCUT2D eigenvalue weighted by Gasteiger charge is -2.49. The standard InChI is InChI=1S/C14H20O5/c15-13-12-10(9-3-1-2-4-11(9)19-13)7-14(8-16-12)17-5-6-18-14/h9-12H,1-8H2/t9-,10-,11-,12+/m1/s1. The molecule has 1 saturated carbocycles. The maximum absolute atomic E-state index is 12.1. The number of carbonyl (C=O) groups is 1. The Kier molecular flexibility index (Phi) is 2.83. The molecule has 1 spiro atoms. The molecule has 3 heterocycles. The van der Waals surface area contributed by atoms with E-state index in [1.807, 2.05) is 0 Å². The summed E-state index contributed by atoms with van der Waals surface area (Å²) in [6.45, 7) is 1.60. The fraction of sp³-hybridized carbons (Fsp3) is 0.929. The summed E-state index contributed by atoms with van der Waals surface area (Å²) in [5.74, 6) is -0.165. The summed E-state index contributed by atoms with van der Waals surface area (Å²) in [6, 6.07) is 0. The fourth-order valence-electron chi connectivity index (χ4n) is 4.16. The average Bonchev–Trinajstić information content (AvgIpc) is 2.87. The highest BCUT2D eigenvalue weighted by molar-refractivity contribution is 5.76. The van der Waals surface area contributed by atoms with Crippen molar-refractivity contribution in [2.45, 2.75) is 50.1 Å². The highest BCUT2D eigenvalue weighted by atomic mass is 16.8. The molecule has 4 fully saturated rings. The van der Waals surface area contributed by atoms with Gasteiger partial charge in [-0.1, -0.05) is 6.42 Å². The number of ether oxygens (including phenoxy) is 4. The predicted molar refractivity (Wildman–Crippen MR) is 64.3 cm³/mol. The molecule has 5 nitrogen and oxygen atoms in total. The van der Waals surface area contributed by atoms with E-state index in [4.69, 9.17) is 18.9 Å². The van der Waals surface area contributed by atoms with Crippen molar-refractivity contribution in [3.63, 3.8) is 0 Å². The Balaban J connectivity index is 1.59. The van der Waals surface area contributed by atoms with Crippen molar-refractivity contribution in [3.05, 3.63) is 0 Å². The van der Waals surface area contributed by atoms with Gasteiger partial charge in [-0.15, -0.1) is 0 Å². The van der Waals surface area contributed by atoms with Crippen molar-refractivity contribution in [1.29, 1.82) is 0 Å². The van der Waals surface area contributed by atoms with Crippen LogP contribution >= 0.6 is 0 Å². The van der Waals surface area contributed by atoms with Gasteiger partial charge in [0.25, 0.3) is 0 Å². The maximum Gasteiger partial charge on any atom is 0.335 e. The molecule has 3 saturated heterocycles. The highest BCUT2D eigenvalue weighted by Gasteiger charge is 2.55. The van der Waals surface area contributed by atoms with Crippen LogP contribution in [0.2, 0.25) is 0 Å². The van der Waals surface area contributed by atoms with Gasteiger partial charge in [0, 0.05) is 18.3 Å². The van der Waals surface area contributed by atoms with Crippen LogP contribution in [-0.4, -0.2) is 43.8 Å². The smallest absolute Gasteiger partial charge is 0.335 e. The van der Waals surface area contributed by atoms with E-state index in [2.05, 4.69) is 0 Å². The van der Waals surface area contributed by atoms with Crippen molar-refractivity contribution in [3.8, 4) is 0 Å². The van der Waals surface area contributed by atoms with Crippen LogP contribution in [0, 0.1) is 11.8 Å². The summed E-state index contributed by atoms with van der Waals surface area (Å²) < 4.78 is 22.8. The van der Waals surface area contributed by atoms with Gasteiger partial charge in [0.1, 0.15) is 12.7 Å². The van der Waals surface area contributed by atoms with E-state index < -0.39 is 11.9 Å². The minimum Gasteiger partial charge on any atom is -0.460 e. The van der Waals surface area contributed by atoms with Gasteiger partial charge in [0.2, 0.25) is 0 Å². The molecular weight excluding hydrogens is 248 g/mol. The van der Waals surface area contributed by atoms with Crippen LogP contribution in [0.1, 0.15) is 32.1 Å². The van der Waals surface area contributed by atoms with Gasteiger partial charge in [0.05, 0.1) is 13.2 Å². The zero-order valence-corrected chi connectivity index (χ0v) is 11.0. The van der Waals surface area contributed by atoms with Gasteiger partial charge in [-0.2, -0.15) is 0 Å². The summed E-state index contributed by atoms with van der Waals surface area (Å²) in [4.78, 5) is 12.1. The van der Waals surface area contributed by atoms with Crippen LogP contribution < -0.4 is 0 Å². The number of esters is 1. The summed E-state index contributed by atoms with van der Waals surface area (Å²) in [6.07, 6.45) is 4.95. The number of fused-ring (bicyclic) bond motifs is 3. The quantitative estimate of drug-likeness (QED) is 0.619. The van der Waals surface area contributed by atoms with E-state index in [0.717, 1.165) is 25.7 Å². The zero-order valence-electron chi connectivity index (χ0n) is 11.0. The zero-order chi connectivity index (χ0) is 12.9. The first-order chi connectivity index (χ1) is 9.27. The topological polar surface area (TPSA) is 54.0 Å². The molecule has 19 heavy (non-hydrogen) atoms. The molecule has 0 bridgehead atoms. The largest absolute Gasteiger partial charge is 0.460 e. The lowest BCUT2D eigenvalue weighted by atomic mass is 9.70. The fourth-order valence-corrected chi connectivity index (χ4v) is 4.16. The van der Waals surface area contributed by atoms with E-state index in [9.17, 15) is 4.79 Å².